The number of carbonyl (C=O) groups excluding carboxylic acids is 2. The van der Waals surface area contributed by atoms with Gasteiger partial charge in [-0.15, -0.1) is 0 Å². The van der Waals surface area contributed by atoms with Crippen LogP contribution < -0.4 is 11.1 Å². The molecule has 0 saturated heterocycles. The molecule has 0 spiro atoms. The van der Waals surface area contributed by atoms with Gasteiger partial charge < -0.3 is 20.9 Å². The molecule has 0 radical (unpaired) electrons. The van der Waals surface area contributed by atoms with E-state index in [1.54, 1.807) is 12.1 Å². The predicted molar refractivity (Wildman–Crippen MR) is 66.1 cm³/mol. The number of aliphatic hydroxyl groups excluding tert-OH is 1. The average molecular weight is 263 g/mol. The molecule has 7 heteroatoms. The highest BCUT2D eigenvalue weighted by atomic mass is 16.5. The fraction of sp³-hybridized carbons (Fsp3) is 0.250. The Bertz CT molecular complexity index is 519. The van der Waals surface area contributed by atoms with Crippen molar-refractivity contribution in [3.05, 3.63) is 29.6 Å². The molecule has 19 heavy (non-hydrogen) atoms. The second-order valence-electron chi connectivity index (χ2n) is 3.28. The molecule has 1 aromatic rings. The maximum absolute atomic E-state index is 11.8. The van der Waals surface area contributed by atoms with Crippen LogP contribution in [-0.2, 0) is 4.74 Å². The van der Waals surface area contributed by atoms with E-state index in [4.69, 9.17) is 10.8 Å². The predicted octanol–water partition coefficient (Wildman–Crippen LogP) is -0.749. The van der Waals surface area contributed by atoms with Crippen LogP contribution in [0.2, 0.25) is 0 Å². The largest absolute Gasteiger partial charge is 0.448 e. The lowest BCUT2D eigenvalue weighted by molar-refractivity contribution is 0.0931. The maximum atomic E-state index is 11.8. The zero-order chi connectivity index (χ0) is 14.1. The summed E-state index contributed by atoms with van der Waals surface area (Å²) in [6.07, 6.45) is 0.556. The molecule has 0 bridgehead atoms. The first-order valence-corrected chi connectivity index (χ1v) is 5.40. The molecule has 7 nitrogen and oxygen atoms in total. The van der Waals surface area contributed by atoms with E-state index in [1.165, 1.54) is 6.20 Å². The summed E-state index contributed by atoms with van der Waals surface area (Å²) in [6, 6.07) is 3.25. The van der Waals surface area contributed by atoms with Gasteiger partial charge in [0.15, 0.2) is 0 Å². The molecule has 0 atom stereocenters. The number of pyridine rings is 1. The Morgan fingerprint density at radius 2 is 2.32 bits per heavy atom. The Morgan fingerprint density at radius 1 is 1.53 bits per heavy atom. The molecular formula is C12H13N3O4. The zero-order valence-corrected chi connectivity index (χ0v) is 10.0. The van der Waals surface area contributed by atoms with Crippen molar-refractivity contribution in [3.63, 3.8) is 0 Å². The van der Waals surface area contributed by atoms with Crippen molar-refractivity contribution < 1.29 is 19.4 Å². The monoisotopic (exact) mass is 263 g/mol. The second kappa shape index (κ2) is 7.68. The Kier molecular flexibility index (Phi) is 5.85. The van der Waals surface area contributed by atoms with E-state index in [9.17, 15) is 9.59 Å². The summed E-state index contributed by atoms with van der Waals surface area (Å²) in [7, 11) is 0. The Balaban J connectivity index is 2.63. The Labute approximate surface area is 109 Å². The van der Waals surface area contributed by atoms with Gasteiger partial charge in [0.1, 0.15) is 18.9 Å². The van der Waals surface area contributed by atoms with Crippen LogP contribution >= 0.6 is 0 Å². The third-order valence-corrected chi connectivity index (χ3v) is 1.96. The molecule has 0 aliphatic heterocycles. The van der Waals surface area contributed by atoms with Crippen LogP contribution in [0.15, 0.2) is 18.3 Å². The number of nitrogens with one attached hydrogen (secondary N) is 1. The van der Waals surface area contributed by atoms with E-state index in [1.807, 2.05) is 0 Å². The normalized spacial score (nSPS) is 9.11. The van der Waals surface area contributed by atoms with Gasteiger partial charge in [-0.1, -0.05) is 11.8 Å². The number of primary amides is 1. The van der Waals surface area contributed by atoms with Gasteiger partial charge in [-0.2, -0.15) is 0 Å². The highest BCUT2D eigenvalue weighted by Gasteiger charge is 2.10. The van der Waals surface area contributed by atoms with Gasteiger partial charge in [0.25, 0.3) is 5.91 Å². The Hall–Kier alpha value is -2.59. The molecule has 2 amide bonds. The minimum Gasteiger partial charge on any atom is -0.448 e. The number of nitrogens with two attached hydrogens (primary N) is 1. The molecule has 0 saturated carbocycles. The van der Waals surface area contributed by atoms with Gasteiger partial charge in [-0.05, 0) is 12.1 Å². The first-order valence-electron chi connectivity index (χ1n) is 5.40. The van der Waals surface area contributed by atoms with E-state index in [2.05, 4.69) is 26.9 Å². The van der Waals surface area contributed by atoms with Gasteiger partial charge in [0, 0.05) is 6.20 Å². The van der Waals surface area contributed by atoms with Gasteiger partial charge >= 0.3 is 6.09 Å². The van der Waals surface area contributed by atoms with Crippen LogP contribution in [0, 0.1) is 11.8 Å². The number of aliphatic hydroxyl groups is 1. The number of hydrogen-bond acceptors (Lipinski definition) is 5. The molecule has 0 aliphatic rings. The van der Waals surface area contributed by atoms with Gasteiger partial charge in [-0.3, -0.25) is 4.79 Å². The lowest BCUT2D eigenvalue weighted by Crippen LogP contribution is -2.30. The van der Waals surface area contributed by atoms with E-state index < -0.39 is 12.0 Å². The van der Waals surface area contributed by atoms with Crippen LogP contribution in [-0.4, -0.2) is 41.8 Å². The number of rotatable bonds is 4. The summed E-state index contributed by atoms with van der Waals surface area (Å²) in [4.78, 5) is 26.0. The molecule has 100 valence electrons. The summed E-state index contributed by atoms with van der Waals surface area (Å²) >= 11 is 0. The molecule has 0 aliphatic carbocycles. The average Bonchev–Trinajstić information content (AvgIpc) is 2.41. The quantitative estimate of drug-likeness (QED) is 0.488. The summed E-state index contributed by atoms with van der Waals surface area (Å²) in [5.41, 5.74) is 5.32. The van der Waals surface area contributed by atoms with Crippen molar-refractivity contribution in [2.45, 2.75) is 0 Å². The van der Waals surface area contributed by atoms with Crippen molar-refractivity contribution in [1.29, 1.82) is 0 Å². The molecule has 0 aromatic carbocycles. The minimum atomic E-state index is -0.901. The van der Waals surface area contributed by atoms with Crippen molar-refractivity contribution >= 4 is 12.0 Å². The van der Waals surface area contributed by atoms with Crippen LogP contribution in [0.5, 0.6) is 0 Å². The van der Waals surface area contributed by atoms with E-state index in [0.29, 0.717) is 5.56 Å². The van der Waals surface area contributed by atoms with Crippen molar-refractivity contribution in [2.75, 3.05) is 19.8 Å². The van der Waals surface area contributed by atoms with Gasteiger partial charge in [0.2, 0.25) is 0 Å². The fourth-order valence-corrected chi connectivity index (χ4v) is 1.22. The SMILES string of the molecule is NC(=O)OCCNC(=O)c1ncccc1C#CCO. The molecule has 1 aromatic heterocycles. The van der Waals surface area contributed by atoms with E-state index in [0.717, 1.165) is 0 Å². The van der Waals surface area contributed by atoms with Crippen molar-refractivity contribution in [3.8, 4) is 11.8 Å². The van der Waals surface area contributed by atoms with Crippen molar-refractivity contribution in [2.24, 2.45) is 5.73 Å². The number of ether oxygens (including phenoxy) is 1. The number of hydrogen-bond donors (Lipinski definition) is 3. The van der Waals surface area contributed by atoms with Crippen LogP contribution in [0.4, 0.5) is 4.79 Å². The molecular weight excluding hydrogens is 250 g/mol. The standard InChI is InChI=1S/C12H13N3O4/c13-12(18)19-8-6-15-11(17)10-9(4-2-7-16)3-1-5-14-10/h1,3,5,16H,6-8H2,(H2,13,18)(H,15,17). The number of nitrogens with zero attached hydrogens (tertiary/aromatic N) is 1. The maximum Gasteiger partial charge on any atom is 0.404 e. The highest BCUT2D eigenvalue weighted by molar-refractivity contribution is 5.94. The summed E-state index contributed by atoms with van der Waals surface area (Å²) < 4.78 is 4.47. The summed E-state index contributed by atoms with van der Waals surface area (Å²) in [5, 5.41) is 11.1. The highest BCUT2D eigenvalue weighted by Crippen LogP contribution is 2.03. The third kappa shape index (κ3) is 5.06. The zero-order valence-electron chi connectivity index (χ0n) is 10.0. The van der Waals surface area contributed by atoms with E-state index in [-0.39, 0.29) is 25.5 Å². The summed E-state index contributed by atoms with van der Waals surface area (Å²) in [6.45, 7) is -0.209. The lowest BCUT2D eigenvalue weighted by Gasteiger charge is -2.05. The van der Waals surface area contributed by atoms with Crippen LogP contribution in [0.1, 0.15) is 16.1 Å². The molecule has 0 fully saturated rings. The second-order valence-corrected chi connectivity index (χ2v) is 3.28. The molecule has 4 N–H and O–H groups in total. The summed E-state index contributed by atoms with van der Waals surface area (Å²) in [5.74, 6) is 4.62. The van der Waals surface area contributed by atoms with Crippen LogP contribution in [0.3, 0.4) is 0 Å². The molecule has 1 heterocycles. The van der Waals surface area contributed by atoms with Gasteiger partial charge in [0.05, 0.1) is 12.1 Å². The smallest absolute Gasteiger partial charge is 0.404 e. The Morgan fingerprint density at radius 3 is 3.00 bits per heavy atom. The fourth-order valence-electron chi connectivity index (χ4n) is 1.22. The third-order valence-electron chi connectivity index (χ3n) is 1.96. The van der Waals surface area contributed by atoms with Crippen molar-refractivity contribution in [1.82, 2.24) is 10.3 Å². The lowest BCUT2D eigenvalue weighted by atomic mass is 10.2. The number of amides is 2. The number of aromatic nitrogens is 1. The number of carbonyl (C=O) groups is 2. The molecule has 1 rings (SSSR count). The minimum absolute atomic E-state index is 0.0223. The van der Waals surface area contributed by atoms with Crippen LogP contribution in [0.25, 0.3) is 0 Å². The first-order chi connectivity index (χ1) is 9.15. The topological polar surface area (TPSA) is 115 Å². The van der Waals surface area contributed by atoms with E-state index >= 15 is 0 Å². The first kappa shape index (κ1) is 14.5. The van der Waals surface area contributed by atoms with Gasteiger partial charge in [-0.25, -0.2) is 9.78 Å². The molecule has 0 unspecified atom stereocenters.